The number of methoxy groups -OCH3 is 2. The number of barbiturate groups is 1. The first-order valence-corrected chi connectivity index (χ1v) is 11.8. The molecule has 2 aromatic carbocycles. The van der Waals surface area contributed by atoms with Gasteiger partial charge in [0.25, 0.3) is 11.8 Å². The molecule has 0 atom stereocenters. The van der Waals surface area contributed by atoms with Gasteiger partial charge >= 0.3 is 12.0 Å². The van der Waals surface area contributed by atoms with Crippen LogP contribution < -0.4 is 19.7 Å². The average molecular weight is 515 g/mol. The molecule has 1 N–H and O–H groups in total. The number of hydrogen-bond acceptors (Lipinski definition) is 7. The van der Waals surface area contributed by atoms with Gasteiger partial charge in [-0.1, -0.05) is 37.8 Å². The Morgan fingerprint density at radius 3 is 2.42 bits per heavy atom. The average Bonchev–Trinajstić information content (AvgIpc) is 2.87. The number of nitrogens with zero attached hydrogens (tertiary/aromatic N) is 1. The summed E-state index contributed by atoms with van der Waals surface area (Å²) in [6.45, 7) is 2.60. The first kappa shape index (κ1) is 26.7. The van der Waals surface area contributed by atoms with Crippen molar-refractivity contribution in [3.05, 3.63) is 58.1 Å². The lowest BCUT2D eigenvalue weighted by molar-refractivity contribution is -0.122. The maximum absolute atomic E-state index is 13.2. The molecule has 1 fully saturated rings. The lowest BCUT2D eigenvalue weighted by Crippen LogP contribution is -2.54. The van der Waals surface area contributed by atoms with Crippen LogP contribution >= 0.6 is 11.6 Å². The molecule has 1 aliphatic rings. The third-order valence-corrected chi connectivity index (χ3v) is 5.74. The number of carbonyl (C=O) groups is 4. The number of halogens is 1. The third-order valence-electron chi connectivity index (χ3n) is 5.46. The second-order valence-electron chi connectivity index (χ2n) is 7.94. The van der Waals surface area contributed by atoms with Crippen molar-refractivity contribution in [2.75, 3.05) is 25.7 Å². The minimum absolute atomic E-state index is 0.172. The van der Waals surface area contributed by atoms with E-state index < -0.39 is 23.8 Å². The van der Waals surface area contributed by atoms with E-state index in [0.717, 1.165) is 30.6 Å². The zero-order chi connectivity index (χ0) is 26.2. The second kappa shape index (κ2) is 12.2. The molecule has 3 rings (SSSR count). The second-order valence-corrected chi connectivity index (χ2v) is 8.35. The Bertz CT molecular complexity index is 1190. The Hall–Kier alpha value is -3.85. The fourth-order valence-corrected chi connectivity index (χ4v) is 3.86. The van der Waals surface area contributed by atoms with Gasteiger partial charge in [-0.2, -0.15) is 0 Å². The van der Waals surface area contributed by atoms with Crippen LogP contribution in [0.2, 0.25) is 5.02 Å². The number of rotatable bonds is 10. The molecule has 0 aromatic heterocycles. The molecule has 0 spiro atoms. The third kappa shape index (κ3) is 6.04. The molecule has 1 saturated heterocycles. The number of ether oxygens (including phenoxy) is 3. The fraction of sp³-hybridized carbons (Fsp3) is 0.308. The summed E-state index contributed by atoms with van der Waals surface area (Å²) in [5.41, 5.74) is 0.542. The summed E-state index contributed by atoms with van der Waals surface area (Å²) < 4.78 is 15.9. The predicted octanol–water partition coefficient (Wildman–Crippen LogP) is 4.76. The molecular weight excluding hydrogens is 488 g/mol. The van der Waals surface area contributed by atoms with Gasteiger partial charge in [-0.25, -0.2) is 14.5 Å². The molecule has 4 amide bonds. The fourth-order valence-electron chi connectivity index (χ4n) is 3.59. The summed E-state index contributed by atoms with van der Waals surface area (Å²) in [6, 6.07) is 7.86. The lowest BCUT2D eigenvalue weighted by Gasteiger charge is -2.26. The Kier molecular flexibility index (Phi) is 9.08. The van der Waals surface area contributed by atoms with Crippen LogP contribution in [0.4, 0.5) is 10.5 Å². The van der Waals surface area contributed by atoms with E-state index in [1.165, 1.54) is 44.6 Å². The number of hydrogen-bond donors (Lipinski definition) is 1. The Labute approximate surface area is 214 Å². The number of nitrogens with one attached hydrogen (secondary N) is 1. The maximum atomic E-state index is 13.2. The van der Waals surface area contributed by atoms with E-state index in [1.54, 1.807) is 12.1 Å². The molecule has 10 heteroatoms. The van der Waals surface area contributed by atoms with Gasteiger partial charge in [-0.05, 0) is 54.5 Å². The number of anilines is 1. The zero-order valence-electron chi connectivity index (χ0n) is 20.3. The minimum atomic E-state index is -0.907. The Morgan fingerprint density at radius 2 is 1.78 bits per heavy atom. The highest BCUT2D eigenvalue weighted by atomic mass is 35.5. The zero-order valence-corrected chi connectivity index (χ0v) is 21.0. The molecule has 1 heterocycles. The smallest absolute Gasteiger partial charge is 0.337 e. The number of carbonyl (C=O) groups excluding carboxylic acids is 4. The van der Waals surface area contributed by atoms with E-state index >= 15 is 0 Å². The van der Waals surface area contributed by atoms with Crippen LogP contribution in [0.5, 0.6) is 11.5 Å². The topological polar surface area (TPSA) is 111 Å². The first-order valence-electron chi connectivity index (χ1n) is 11.4. The molecule has 0 saturated carbocycles. The van der Waals surface area contributed by atoms with E-state index in [-0.39, 0.29) is 21.8 Å². The minimum Gasteiger partial charge on any atom is -0.493 e. The molecule has 2 aromatic rings. The monoisotopic (exact) mass is 514 g/mol. The van der Waals surface area contributed by atoms with Crippen molar-refractivity contribution in [1.82, 2.24) is 5.32 Å². The highest BCUT2D eigenvalue weighted by molar-refractivity contribution is 6.39. The van der Waals surface area contributed by atoms with Gasteiger partial charge in [0.1, 0.15) is 5.57 Å². The molecule has 36 heavy (non-hydrogen) atoms. The predicted molar refractivity (Wildman–Crippen MR) is 134 cm³/mol. The summed E-state index contributed by atoms with van der Waals surface area (Å²) in [7, 11) is 2.71. The number of imide groups is 2. The van der Waals surface area contributed by atoms with Crippen LogP contribution in [-0.2, 0) is 14.3 Å². The van der Waals surface area contributed by atoms with Crippen molar-refractivity contribution >= 4 is 47.2 Å². The molecule has 0 radical (unpaired) electrons. The highest BCUT2D eigenvalue weighted by Crippen LogP contribution is 2.37. The lowest BCUT2D eigenvalue weighted by atomic mass is 10.1. The van der Waals surface area contributed by atoms with Crippen molar-refractivity contribution in [1.29, 1.82) is 0 Å². The van der Waals surface area contributed by atoms with Crippen LogP contribution in [0.25, 0.3) is 6.08 Å². The number of esters is 1. The summed E-state index contributed by atoms with van der Waals surface area (Å²) in [5, 5.41) is 2.41. The van der Waals surface area contributed by atoms with E-state index in [4.69, 9.17) is 21.1 Å². The molecule has 0 aliphatic carbocycles. The van der Waals surface area contributed by atoms with E-state index in [9.17, 15) is 19.2 Å². The van der Waals surface area contributed by atoms with Crippen molar-refractivity contribution in [3.8, 4) is 11.5 Å². The summed E-state index contributed by atoms with van der Waals surface area (Å²) in [5.74, 6) is -1.52. The summed E-state index contributed by atoms with van der Waals surface area (Å²) in [6.07, 6.45) is 5.46. The standard InChI is InChI=1S/C26H27ClN2O7/c1-4-5-6-7-12-36-22-20(27)14-16(15-21(22)34-2)13-19-23(30)28-26(33)29(24(19)31)18-10-8-17(9-11-18)25(32)35-3/h8-11,13-15H,4-7,12H2,1-3H3,(H,28,30,33)/b19-13-. The number of unbranched alkanes of at least 4 members (excludes halogenated alkanes) is 3. The van der Waals surface area contributed by atoms with Gasteiger partial charge in [0.05, 0.1) is 37.1 Å². The summed E-state index contributed by atoms with van der Waals surface area (Å²) in [4.78, 5) is 50.6. The van der Waals surface area contributed by atoms with E-state index in [1.807, 2.05) is 0 Å². The van der Waals surface area contributed by atoms with Crippen molar-refractivity contribution in [2.24, 2.45) is 0 Å². The Balaban J connectivity index is 1.87. The maximum Gasteiger partial charge on any atom is 0.337 e. The van der Waals surface area contributed by atoms with Gasteiger partial charge in [0, 0.05) is 0 Å². The molecule has 0 unspecified atom stereocenters. The molecule has 1 aliphatic heterocycles. The number of urea groups is 1. The van der Waals surface area contributed by atoms with Crippen LogP contribution in [0, 0.1) is 0 Å². The molecule has 9 nitrogen and oxygen atoms in total. The van der Waals surface area contributed by atoms with Crippen LogP contribution in [0.15, 0.2) is 42.0 Å². The molecular formula is C26H27ClN2O7. The van der Waals surface area contributed by atoms with Crippen molar-refractivity contribution < 1.29 is 33.4 Å². The van der Waals surface area contributed by atoms with Gasteiger partial charge in [0.15, 0.2) is 11.5 Å². The largest absolute Gasteiger partial charge is 0.493 e. The number of benzene rings is 2. The SMILES string of the molecule is CCCCCCOc1c(Cl)cc(/C=C2/C(=O)NC(=O)N(c3ccc(C(=O)OC)cc3)C2=O)cc1OC. The molecule has 190 valence electrons. The number of amides is 4. The van der Waals surface area contributed by atoms with Gasteiger partial charge in [-0.3, -0.25) is 14.9 Å². The van der Waals surface area contributed by atoms with E-state index in [2.05, 4.69) is 17.0 Å². The van der Waals surface area contributed by atoms with Crippen molar-refractivity contribution in [2.45, 2.75) is 32.6 Å². The highest BCUT2D eigenvalue weighted by Gasteiger charge is 2.37. The van der Waals surface area contributed by atoms with Gasteiger partial charge < -0.3 is 14.2 Å². The van der Waals surface area contributed by atoms with Crippen LogP contribution in [0.1, 0.15) is 48.5 Å². The normalized spacial score (nSPS) is 14.6. The van der Waals surface area contributed by atoms with Crippen LogP contribution in [0.3, 0.4) is 0 Å². The Morgan fingerprint density at radius 1 is 1.06 bits per heavy atom. The van der Waals surface area contributed by atoms with E-state index in [0.29, 0.717) is 23.7 Å². The van der Waals surface area contributed by atoms with Gasteiger partial charge in [-0.15, -0.1) is 0 Å². The first-order chi connectivity index (χ1) is 17.3. The summed E-state index contributed by atoms with van der Waals surface area (Å²) >= 11 is 6.42. The van der Waals surface area contributed by atoms with Crippen LogP contribution in [-0.4, -0.2) is 44.6 Å². The quantitative estimate of drug-likeness (QED) is 0.210. The van der Waals surface area contributed by atoms with Crippen molar-refractivity contribution in [3.63, 3.8) is 0 Å². The molecule has 0 bridgehead atoms. The van der Waals surface area contributed by atoms with Gasteiger partial charge in [0.2, 0.25) is 0 Å².